The van der Waals surface area contributed by atoms with Gasteiger partial charge in [0.1, 0.15) is 0 Å². The zero-order chi connectivity index (χ0) is 11.5. The van der Waals surface area contributed by atoms with Crippen LogP contribution in [0.3, 0.4) is 0 Å². The first-order chi connectivity index (χ1) is 6.93. The molecule has 1 unspecified atom stereocenters. The third-order valence-electron chi connectivity index (χ3n) is 2.27. The lowest BCUT2D eigenvalue weighted by atomic mass is 9.99. The number of aliphatic carboxylic acids is 1. The van der Waals surface area contributed by atoms with Gasteiger partial charge >= 0.3 is 5.97 Å². The normalized spacial score (nSPS) is 14.6. The van der Waals surface area contributed by atoms with Crippen molar-refractivity contribution in [2.24, 2.45) is 0 Å². The van der Waals surface area contributed by atoms with E-state index in [1.165, 1.54) is 0 Å². The average Bonchev–Trinajstić information content (AvgIpc) is 2.16. The summed E-state index contributed by atoms with van der Waals surface area (Å²) in [6.45, 7) is 1.06. The van der Waals surface area contributed by atoms with Gasteiger partial charge in [0.2, 0.25) is 5.67 Å². The SMILES string of the molecule is CC(F)(CCc1ccccc1Cl)C(=O)O. The van der Waals surface area contributed by atoms with Gasteiger partial charge in [-0.15, -0.1) is 0 Å². The molecule has 0 saturated carbocycles. The van der Waals surface area contributed by atoms with Crippen LogP contribution in [0.4, 0.5) is 4.39 Å². The Morgan fingerprint density at radius 3 is 2.67 bits per heavy atom. The number of rotatable bonds is 4. The first-order valence-corrected chi connectivity index (χ1v) is 4.97. The highest BCUT2D eigenvalue weighted by atomic mass is 35.5. The maximum atomic E-state index is 13.4. The molecule has 4 heteroatoms. The topological polar surface area (TPSA) is 37.3 Å². The van der Waals surface area contributed by atoms with Crippen molar-refractivity contribution in [3.63, 3.8) is 0 Å². The van der Waals surface area contributed by atoms with Crippen molar-refractivity contribution in [3.8, 4) is 0 Å². The van der Waals surface area contributed by atoms with Gasteiger partial charge in [0.15, 0.2) is 0 Å². The van der Waals surface area contributed by atoms with Crippen LogP contribution in [0.15, 0.2) is 24.3 Å². The van der Waals surface area contributed by atoms with Gasteiger partial charge in [0.05, 0.1) is 0 Å². The molecule has 0 aliphatic heterocycles. The van der Waals surface area contributed by atoms with E-state index in [-0.39, 0.29) is 6.42 Å². The summed E-state index contributed by atoms with van der Waals surface area (Å²) in [5.41, 5.74) is -1.43. The van der Waals surface area contributed by atoms with Crippen molar-refractivity contribution in [3.05, 3.63) is 34.9 Å². The van der Waals surface area contributed by atoms with Crippen LogP contribution < -0.4 is 0 Å². The molecule has 1 atom stereocenters. The Labute approximate surface area is 92.7 Å². The highest BCUT2D eigenvalue weighted by Crippen LogP contribution is 2.22. The highest BCUT2D eigenvalue weighted by molar-refractivity contribution is 6.31. The largest absolute Gasteiger partial charge is 0.479 e. The summed E-state index contributed by atoms with van der Waals surface area (Å²) >= 11 is 5.86. The molecule has 0 spiro atoms. The van der Waals surface area contributed by atoms with Gasteiger partial charge in [0.25, 0.3) is 0 Å². The lowest BCUT2D eigenvalue weighted by Crippen LogP contribution is -2.30. The lowest BCUT2D eigenvalue weighted by Gasteiger charge is -2.14. The summed E-state index contributed by atoms with van der Waals surface area (Å²) in [5, 5.41) is 9.12. The lowest BCUT2D eigenvalue weighted by molar-refractivity contribution is -0.150. The van der Waals surface area contributed by atoms with Crippen LogP contribution in [0.5, 0.6) is 0 Å². The zero-order valence-corrected chi connectivity index (χ0v) is 9.09. The van der Waals surface area contributed by atoms with E-state index < -0.39 is 11.6 Å². The van der Waals surface area contributed by atoms with Crippen LogP contribution >= 0.6 is 11.6 Å². The van der Waals surface area contributed by atoms with Gasteiger partial charge in [0, 0.05) is 5.02 Å². The van der Waals surface area contributed by atoms with E-state index in [0.29, 0.717) is 11.4 Å². The minimum absolute atomic E-state index is 0.0773. The predicted molar refractivity (Wildman–Crippen MR) is 56.9 cm³/mol. The molecular weight excluding hydrogens is 219 g/mol. The third kappa shape index (κ3) is 3.20. The third-order valence-corrected chi connectivity index (χ3v) is 2.64. The quantitative estimate of drug-likeness (QED) is 0.863. The molecule has 0 aliphatic rings. The molecule has 15 heavy (non-hydrogen) atoms. The molecule has 1 aromatic rings. The molecule has 0 aromatic heterocycles. The molecule has 0 amide bonds. The molecule has 1 rings (SSSR count). The minimum atomic E-state index is -2.20. The average molecular weight is 231 g/mol. The Bertz CT molecular complexity index is 363. The van der Waals surface area contributed by atoms with Crippen LogP contribution in [-0.4, -0.2) is 16.7 Å². The summed E-state index contributed by atoms with van der Waals surface area (Å²) in [6.07, 6.45) is 0.241. The Morgan fingerprint density at radius 2 is 2.13 bits per heavy atom. The second-order valence-electron chi connectivity index (χ2n) is 3.59. The van der Waals surface area contributed by atoms with E-state index in [9.17, 15) is 9.18 Å². The number of hydrogen-bond donors (Lipinski definition) is 1. The van der Waals surface area contributed by atoms with E-state index in [1.807, 2.05) is 0 Å². The van der Waals surface area contributed by atoms with Crippen LogP contribution in [0.25, 0.3) is 0 Å². The van der Waals surface area contributed by atoms with Crippen LogP contribution in [-0.2, 0) is 11.2 Å². The fourth-order valence-corrected chi connectivity index (χ4v) is 1.41. The summed E-state index contributed by atoms with van der Waals surface area (Å²) in [7, 11) is 0. The number of halogens is 2. The number of aryl methyl sites for hydroxylation is 1. The molecular formula is C11H12ClFO2. The predicted octanol–water partition coefficient (Wildman–Crippen LogP) is 3.09. The number of carbonyl (C=O) groups is 1. The van der Waals surface area contributed by atoms with Crippen molar-refractivity contribution in [2.45, 2.75) is 25.4 Å². The number of benzene rings is 1. The molecule has 1 N–H and O–H groups in total. The second-order valence-corrected chi connectivity index (χ2v) is 4.00. The van der Waals surface area contributed by atoms with Crippen molar-refractivity contribution in [1.82, 2.24) is 0 Å². The number of carboxylic acid groups (broad SMARTS) is 1. The maximum absolute atomic E-state index is 13.4. The summed E-state index contributed by atoms with van der Waals surface area (Å²) in [5.74, 6) is -1.44. The highest BCUT2D eigenvalue weighted by Gasteiger charge is 2.32. The molecule has 0 saturated heterocycles. The standard InChI is InChI=1S/C11H12ClFO2/c1-11(13,10(14)15)7-6-8-4-2-3-5-9(8)12/h2-5H,6-7H2,1H3,(H,14,15). The van der Waals surface area contributed by atoms with Crippen molar-refractivity contribution in [1.29, 1.82) is 0 Å². The molecule has 1 aromatic carbocycles. The minimum Gasteiger partial charge on any atom is -0.479 e. The monoisotopic (exact) mass is 230 g/mol. The second kappa shape index (κ2) is 4.62. The smallest absolute Gasteiger partial charge is 0.341 e. The van der Waals surface area contributed by atoms with E-state index >= 15 is 0 Å². The van der Waals surface area contributed by atoms with Crippen LogP contribution in [0, 0.1) is 0 Å². The van der Waals surface area contributed by atoms with Crippen molar-refractivity contribution >= 4 is 17.6 Å². The van der Waals surface area contributed by atoms with Crippen molar-refractivity contribution in [2.75, 3.05) is 0 Å². The number of carboxylic acids is 1. The number of alkyl halides is 1. The van der Waals surface area contributed by atoms with Crippen LogP contribution in [0.1, 0.15) is 18.9 Å². The van der Waals surface area contributed by atoms with E-state index in [2.05, 4.69) is 0 Å². The van der Waals surface area contributed by atoms with Gasteiger partial charge < -0.3 is 5.11 Å². The fourth-order valence-electron chi connectivity index (χ4n) is 1.18. The fraction of sp³-hybridized carbons (Fsp3) is 0.364. The molecule has 2 nitrogen and oxygen atoms in total. The Balaban J connectivity index is 2.66. The van der Waals surface area contributed by atoms with Gasteiger partial charge in [-0.2, -0.15) is 0 Å². The van der Waals surface area contributed by atoms with Gasteiger partial charge in [-0.3, -0.25) is 0 Å². The summed E-state index contributed by atoms with van der Waals surface area (Å²) in [6, 6.07) is 7.03. The molecule has 82 valence electrons. The first kappa shape index (κ1) is 12.0. The zero-order valence-electron chi connectivity index (χ0n) is 8.34. The first-order valence-electron chi connectivity index (χ1n) is 4.59. The van der Waals surface area contributed by atoms with Gasteiger partial charge in [-0.1, -0.05) is 29.8 Å². The van der Waals surface area contributed by atoms with Gasteiger partial charge in [-0.25, -0.2) is 9.18 Å². The molecule has 0 aliphatic carbocycles. The summed E-state index contributed by atoms with van der Waals surface area (Å²) < 4.78 is 13.4. The molecule has 0 heterocycles. The molecule has 0 fully saturated rings. The van der Waals surface area contributed by atoms with E-state index in [4.69, 9.17) is 16.7 Å². The van der Waals surface area contributed by atoms with Gasteiger partial charge in [-0.05, 0) is 31.4 Å². The number of hydrogen-bond acceptors (Lipinski definition) is 1. The molecule has 0 radical (unpaired) electrons. The summed E-state index contributed by atoms with van der Waals surface area (Å²) in [4.78, 5) is 10.5. The Hall–Kier alpha value is -1.09. The van der Waals surface area contributed by atoms with Crippen LogP contribution in [0.2, 0.25) is 5.02 Å². The maximum Gasteiger partial charge on any atom is 0.341 e. The van der Waals surface area contributed by atoms with E-state index in [0.717, 1.165) is 12.5 Å². The van der Waals surface area contributed by atoms with E-state index in [1.54, 1.807) is 24.3 Å². The van der Waals surface area contributed by atoms with Crippen molar-refractivity contribution < 1.29 is 14.3 Å². The Kier molecular flexibility index (Phi) is 3.69. The molecule has 0 bridgehead atoms. The Morgan fingerprint density at radius 1 is 1.53 bits per heavy atom.